The predicted octanol–water partition coefficient (Wildman–Crippen LogP) is 4.27. The zero-order chi connectivity index (χ0) is 21.4. The van der Waals surface area contributed by atoms with Gasteiger partial charge in [-0.25, -0.2) is 9.97 Å². The first-order valence-electron chi connectivity index (χ1n) is 11.1. The number of amides is 1. The van der Waals surface area contributed by atoms with Crippen LogP contribution in [0, 0.1) is 6.92 Å². The molecule has 0 spiro atoms. The molecule has 3 aromatic rings. The molecular weight excluding hydrogens is 384 g/mol. The maximum Gasteiger partial charge on any atom is 0.232 e. The maximum atomic E-state index is 12.2. The Morgan fingerprint density at radius 3 is 2.29 bits per heavy atom. The lowest BCUT2D eigenvalue weighted by Gasteiger charge is -2.29. The van der Waals surface area contributed by atoms with Crippen LogP contribution in [0.4, 0.5) is 5.82 Å². The molecule has 31 heavy (non-hydrogen) atoms. The normalized spacial score (nSPS) is 18.7. The molecule has 0 bridgehead atoms. The highest BCUT2D eigenvalue weighted by molar-refractivity contribution is 5.99. The summed E-state index contributed by atoms with van der Waals surface area (Å²) in [6.07, 6.45) is 2.60. The van der Waals surface area contributed by atoms with E-state index in [1.54, 1.807) is 4.90 Å². The number of aryl methyl sites for hydroxylation is 1. The number of fused-ring (bicyclic) bond motifs is 1. The number of carbonyl (C=O) groups excluding carboxylic acids is 1. The van der Waals surface area contributed by atoms with Crippen molar-refractivity contribution < 1.29 is 4.79 Å². The zero-order valence-electron chi connectivity index (χ0n) is 18.2. The smallest absolute Gasteiger partial charge is 0.232 e. The Balaban J connectivity index is 1.47. The van der Waals surface area contributed by atoms with E-state index in [2.05, 4.69) is 65.6 Å². The summed E-state index contributed by atoms with van der Waals surface area (Å²) in [6.45, 7) is 3.97. The van der Waals surface area contributed by atoms with Gasteiger partial charge in [-0.05, 0) is 37.4 Å². The lowest BCUT2D eigenvalue weighted by molar-refractivity contribution is -0.117. The van der Waals surface area contributed by atoms with Gasteiger partial charge in [-0.1, -0.05) is 60.7 Å². The number of carbonyl (C=O) groups is 1. The van der Waals surface area contributed by atoms with Crippen molar-refractivity contribution in [3.05, 3.63) is 88.9 Å². The molecule has 3 heterocycles. The van der Waals surface area contributed by atoms with Crippen LogP contribution in [0.1, 0.15) is 53.0 Å². The van der Waals surface area contributed by atoms with Gasteiger partial charge in [0.1, 0.15) is 11.6 Å². The summed E-state index contributed by atoms with van der Waals surface area (Å²) in [5.41, 5.74) is 4.57. The molecule has 1 fully saturated rings. The van der Waals surface area contributed by atoms with Gasteiger partial charge in [0.2, 0.25) is 5.91 Å². The molecule has 1 saturated heterocycles. The van der Waals surface area contributed by atoms with E-state index in [4.69, 9.17) is 9.97 Å². The van der Waals surface area contributed by atoms with E-state index < -0.39 is 0 Å². The highest BCUT2D eigenvalue weighted by atomic mass is 16.2. The third-order valence-electron chi connectivity index (χ3n) is 6.71. The van der Waals surface area contributed by atoms with Crippen molar-refractivity contribution >= 4 is 11.7 Å². The Morgan fingerprint density at radius 2 is 1.65 bits per heavy atom. The van der Waals surface area contributed by atoms with Gasteiger partial charge in [-0.3, -0.25) is 14.6 Å². The first-order valence-corrected chi connectivity index (χ1v) is 11.1. The zero-order valence-corrected chi connectivity index (χ0v) is 18.2. The molecule has 0 N–H and O–H groups in total. The first-order chi connectivity index (χ1) is 15.1. The highest BCUT2D eigenvalue weighted by Crippen LogP contribution is 2.37. The lowest BCUT2D eigenvalue weighted by atomic mass is 9.90. The Bertz CT molecular complexity index is 1040. The van der Waals surface area contributed by atoms with Crippen molar-refractivity contribution in [2.24, 2.45) is 0 Å². The fourth-order valence-corrected chi connectivity index (χ4v) is 4.97. The number of rotatable bonds is 5. The van der Waals surface area contributed by atoms with Crippen molar-refractivity contribution in [2.75, 3.05) is 25.0 Å². The van der Waals surface area contributed by atoms with Crippen LogP contribution in [0.25, 0.3) is 0 Å². The number of nitrogens with zero attached hydrogens (tertiary/aromatic N) is 4. The summed E-state index contributed by atoms with van der Waals surface area (Å²) in [4.78, 5) is 26.2. The fraction of sp³-hybridized carbons (Fsp3) is 0.346. The monoisotopic (exact) mass is 412 g/mol. The fourth-order valence-electron chi connectivity index (χ4n) is 4.97. The van der Waals surface area contributed by atoms with Crippen molar-refractivity contribution in [2.45, 2.75) is 38.1 Å². The van der Waals surface area contributed by atoms with Crippen LogP contribution in [-0.4, -0.2) is 40.9 Å². The van der Waals surface area contributed by atoms with Gasteiger partial charge in [-0.2, -0.15) is 0 Å². The van der Waals surface area contributed by atoms with Crippen molar-refractivity contribution in [1.29, 1.82) is 0 Å². The van der Waals surface area contributed by atoms with Crippen LogP contribution in [0.3, 0.4) is 0 Å². The van der Waals surface area contributed by atoms with E-state index >= 15 is 0 Å². The second-order valence-electron chi connectivity index (χ2n) is 8.63. The molecular formula is C26H28N4O. The van der Waals surface area contributed by atoms with Gasteiger partial charge in [0.05, 0.1) is 12.5 Å². The molecule has 5 heteroatoms. The van der Waals surface area contributed by atoms with E-state index in [1.807, 2.05) is 14.0 Å². The molecule has 1 aromatic heterocycles. The quantitative estimate of drug-likeness (QED) is 0.628. The number of likely N-dealkylation sites (N-methyl/N-ethyl adjacent to an activating group) is 1. The van der Waals surface area contributed by atoms with E-state index in [1.165, 1.54) is 11.1 Å². The largest absolute Gasteiger partial charge is 0.299 e. The maximum absolute atomic E-state index is 12.2. The molecule has 158 valence electrons. The molecule has 1 atom stereocenters. The third kappa shape index (κ3) is 3.74. The average molecular weight is 413 g/mol. The number of anilines is 1. The van der Waals surface area contributed by atoms with E-state index in [0.29, 0.717) is 12.3 Å². The first kappa shape index (κ1) is 19.9. The molecule has 0 saturated carbocycles. The van der Waals surface area contributed by atoms with E-state index in [9.17, 15) is 4.79 Å². The summed E-state index contributed by atoms with van der Waals surface area (Å²) in [5.74, 6) is 2.04. The van der Waals surface area contributed by atoms with Gasteiger partial charge < -0.3 is 0 Å². The van der Waals surface area contributed by atoms with Crippen LogP contribution >= 0.6 is 0 Å². The van der Waals surface area contributed by atoms with E-state index in [-0.39, 0.29) is 11.9 Å². The number of benzene rings is 2. The summed E-state index contributed by atoms with van der Waals surface area (Å²) in [6, 6.07) is 21.7. The minimum Gasteiger partial charge on any atom is -0.299 e. The molecule has 0 radical (unpaired) electrons. The molecule has 5 rings (SSSR count). The summed E-state index contributed by atoms with van der Waals surface area (Å²) < 4.78 is 0. The molecule has 1 amide bonds. The molecule has 2 aliphatic rings. The van der Waals surface area contributed by atoms with Crippen LogP contribution in [0.5, 0.6) is 0 Å². The van der Waals surface area contributed by atoms with Crippen molar-refractivity contribution in [3.63, 3.8) is 0 Å². The second kappa shape index (κ2) is 8.23. The van der Waals surface area contributed by atoms with Crippen molar-refractivity contribution in [1.82, 2.24) is 14.9 Å². The van der Waals surface area contributed by atoms with Crippen molar-refractivity contribution in [3.8, 4) is 0 Å². The Hall–Kier alpha value is -3.05. The van der Waals surface area contributed by atoms with Gasteiger partial charge in [0, 0.05) is 30.8 Å². The summed E-state index contributed by atoms with van der Waals surface area (Å²) in [5, 5.41) is 0. The summed E-state index contributed by atoms with van der Waals surface area (Å²) >= 11 is 0. The highest BCUT2D eigenvalue weighted by Gasteiger charge is 2.34. The SMILES string of the molecule is Cc1nc(C2CCCN2CC(c2ccccc2)c2ccccc2)nc2c1CC(=O)N2C. The van der Waals surface area contributed by atoms with E-state index in [0.717, 1.165) is 48.8 Å². The topological polar surface area (TPSA) is 49.3 Å². The molecule has 2 aliphatic heterocycles. The van der Waals surface area contributed by atoms with Crippen LogP contribution in [0.15, 0.2) is 60.7 Å². The third-order valence-corrected chi connectivity index (χ3v) is 6.71. The number of likely N-dealkylation sites (tertiary alicyclic amines) is 1. The minimum absolute atomic E-state index is 0.0982. The molecule has 2 aromatic carbocycles. The standard InChI is InChI=1S/C26H28N4O/c1-18-21-16-24(31)29(2)26(21)28-25(27-18)23-14-9-15-30(23)17-22(19-10-5-3-6-11-19)20-12-7-4-8-13-20/h3-8,10-13,22-23H,9,14-17H2,1-2H3. The van der Waals surface area contributed by atoms with Gasteiger partial charge in [0.25, 0.3) is 0 Å². The minimum atomic E-state index is 0.0982. The number of aromatic nitrogens is 2. The Kier molecular flexibility index (Phi) is 5.28. The van der Waals surface area contributed by atoms with Gasteiger partial charge in [-0.15, -0.1) is 0 Å². The number of hydrogen-bond donors (Lipinski definition) is 0. The summed E-state index contributed by atoms with van der Waals surface area (Å²) in [7, 11) is 1.82. The Labute approximate surface area is 183 Å². The van der Waals surface area contributed by atoms with Crippen LogP contribution < -0.4 is 4.90 Å². The molecule has 1 unspecified atom stereocenters. The van der Waals surface area contributed by atoms with Gasteiger partial charge >= 0.3 is 0 Å². The van der Waals surface area contributed by atoms with Gasteiger partial charge in [0.15, 0.2) is 0 Å². The predicted molar refractivity (Wildman–Crippen MR) is 122 cm³/mol. The Morgan fingerprint density at radius 1 is 1.00 bits per heavy atom. The van der Waals surface area contributed by atoms with Crippen LogP contribution in [0.2, 0.25) is 0 Å². The second-order valence-corrected chi connectivity index (χ2v) is 8.63. The molecule has 0 aliphatic carbocycles. The van der Waals surface area contributed by atoms with Crippen LogP contribution in [-0.2, 0) is 11.2 Å². The average Bonchev–Trinajstić information content (AvgIpc) is 3.38. The lowest BCUT2D eigenvalue weighted by Crippen LogP contribution is -2.30. The number of hydrogen-bond acceptors (Lipinski definition) is 4. The molecule has 5 nitrogen and oxygen atoms in total.